The van der Waals surface area contributed by atoms with E-state index in [9.17, 15) is 14.8 Å². The number of nitrogens with zero attached hydrogens (tertiary/aromatic N) is 3. The fourth-order valence-corrected chi connectivity index (χ4v) is 4.65. The van der Waals surface area contributed by atoms with Gasteiger partial charge in [0.25, 0.3) is 5.56 Å². The van der Waals surface area contributed by atoms with Crippen LogP contribution in [0.15, 0.2) is 34.4 Å². The summed E-state index contributed by atoms with van der Waals surface area (Å²) in [5.41, 5.74) is 0.0953. The summed E-state index contributed by atoms with van der Waals surface area (Å²) in [4.78, 5) is 27.9. The van der Waals surface area contributed by atoms with Crippen LogP contribution in [-0.2, 0) is 17.8 Å². The van der Waals surface area contributed by atoms with Gasteiger partial charge in [0, 0.05) is 36.1 Å². The normalized spacial score (nSPS) is 21.8. The average molecular weight is 360 g/mol. The van der Waals surface area contributed by atoms with Crippen molar-refractivity contribution in [3.8, 4) is 0 Å². The number of hydrogen-bond donors (Lipinski definition) is 1. The van der Waals surface area contributed by atoms with Crippen molar-refractivity contribution in [2.75, 3.05) is 18.3 Å². The van der Waals surface area contributed by atoms with Gasteiger partial charge >= 0.3 is 0 Å². The van der Waals surface area contributed by atoms with E-state index >= 15 is 0 Å². The van der Waals surface area contributed by atoms with E-state index in [0.717, 1.165) is 17.0 Å². The van der Waals surface area contributed by atoms with Gasteiger partial charge in [0.05, 0.1) is 6.42 Å². The number of rotatable bonds is 3. The zero-order valence-electron chi connectivity index (χ0n) is 13.5. The molecule has 2 bridgehead atoms. The molecule has 0 radical (unpaired) electrons. The fraction of sp³-hybridized carbons (Fsp3) is 0.412. The van der Waals surface area contributed by atoms with Crippen molar-refractivity contribution in [2.45, 2.75) is 25.3 Å². The van der Waals surface area contributed by atoms with Gasteiger partial charge in [-0.2, -0.15) is 0 Å². The Hall–Kier alpha value is -2.16. The summed E-state index contributed by atoms with van der Waals surface area (Å²) in [7, 11) is 0. The maximum atomic E-state index is 12.6. The molecule has 0 aliphatic carbocycles. The van der Waals surface area contributed by atoms with Gasteiger partial charge in [0.15, 0.2) is 0 Å². The molecule has 4 rings (SSSR count). The Kier molecular flexibility index (Phi) is 4.10. The molecule has 7 nitrogen and oxygen atoms in total. The Labute approximate surface area is 148 Å². The molecule has 25 heavy (non-hydrogen) atoms. The molecule has 0 saturated carbocycles. The van der Waals surface area contributed by atoms with Gasteiger partial charge in [-0.1, -0.05) is 6.07 Å². The highest BCUT2D eigenvalue weighted by Gasteiger charge is 2.36. The van der Waals surface area contributed by atoms with Crippen molar-refractivity contribution in [1.82, 2.24) is 9.47 Å². The molecule has 1 N–H and O–H groups in total. The van der Waals surface area contributed by atoms with E-state index < -0.39 is 5.56 Å². The Bertz CT molecular complexity index is 846. The number of carbonyl (C=O) groups is 1. The van der Waals surface area contributed by atoms with E-state index in [0.29, 0.717) is 26.1 Å². The highest BCUT2D eigenvalue weighted by molar-refractivity contribution is 7.10. The van der Waals surface area contributed by atoms with Gasteiger partial charge in [-0.25, -0.2) is 0 Å². The molecule has 2 aliphatic heterocycles. The first-order chi connectivity index (χ1) is 12.0. The highest BCUT2D eigenvalue weighted by atomic mass is 32.1. The van der Waals surface area contributed by atoms with Crippen LogP contribution in [0, 0.1) is 11.1 Å². The van der Waals surface area contributed by atoms with Crippen molar-refractivity contribution in [3.63, 3.8) is 0 Å². The maximum Gasteiger partial charge on any atom is 0.275 e. The largest absolute Gasteiger partial charge is 0.733 e. The van der Waals surface area contributed by atoms with Crippen LogP contribution in [0.5, 0.6) is 0 Å². The molecule has 132 valence electrons. The Morgan fingerprint density at radius 2 is 2.16 bits per heavy atom. The Balaban J connectivity index is 1.58. The second kappa shape index (κ2) is 6.29. The third-order valence-corrected chi connectivity index (χ3v) is 5.92. The molecular weight excluding hydrogens is 342 g/mol. The second-order valence-corrected chi connectivity index (χ2v) is 7.72. The minimum absolute atomic E-state index is 0.0836. The first-order valence-electron chi connectivity index (χ1n) is 8.23. The van der Waals surface area contributed by atoms with Gasteiger partial charge in [0.1, 0.15) is 5.69 Å². The zero-order chi connectivity index (χ0) is 17.6. The first kappa shape index (κ1) is 16.3. The van der Waals surface area contributed by atoms with E-state index in [1.807, 2.05) is 22.4 Å². The summed E-state index contributed by atoms with van der Waals surface area (Å²) in [6.07, 6.45) is 1.35. The smallest absolute Gasteiger partial charge is 0.275 e. The van der Waals surface area contributed by atoms with Crippen LogP contribution in [-0.4, -0.2) is 33.7 Å². The monoisotopic (exact) mass is 360 g/mol. The van der Waals surface area contributed by atoms with Crippen molar-refractivity contribution >= 4 is 22.9 Å². The molecule has 1 fully saturated rings. The molecule has 1 amide bonds. The third-order valence-electron chi connectivity index (χ3n) is 5.05. The first-order valence-corrected chi connectivity index (χ1v) is 9.11. The van der Waals surface area contributed by atoms with Crippen molar-refractivity contribution in [2.24, 2.45) is 5.92 Å². The lowest BCUT2D eigenvalue weighted by atomic mass is 9.83. The minimum Gasteiger partial charge on any atom is -0.733 e. The molecule has 2 aliphatic rings. The number of piperidine rings is 1. The lowest BCUT2D eigenvalue weighted by Gasteiger charge is -2.43. The third kappa shape index (κ3) is 2.97. The zero-order valence-corrected chi connectivity index (χ0v) is 14.3. The van der Waals surface area contributed by atoms with E-state index in [1.165, 1.54) is 6.07 Å². The summed E-state index contributed by atoms with van der Waals surface area (Å²) in [6, 6.07) is 6.98. The van der Waals surface area contributed by atoms with Crippen molar-refractivity contribution in [1.29, 1.82) is 0 Å². The topological polar surface area (TPSA) is 88.8 Å². The number of amides is 1. The van der Waals surface area contributed by atoms with Crippen LogP contribution in [0.3, 0.4) is 0 Å². The van der Waals surface area contributed by atoms with E-state index in [-0.39, 0.29) is 28.7 Å². The quantitative estimate of drug-likeness (QED) is 0.843. The van der Waals surface area contributed by atoms with Crippen LogP contribution in [0.4, 0.5) is 5.69 Å². The molecule has 0 unspecified atom stereocenters. The van der Waals surface area contributed by atoms with Crippen molar-refractivity contribution < 1.29 is 10.0 Å². The number of anilines is 1. The molecule has 4 heterocycles. The van der Waals surface area contributed by atoms with Crippen molar-refractivity contribution in [3.05, 3.63) is 55.8 Å². The molecule has 0 spiro atoms. The van der Waals surface area contributed by atoms with Crippen LogP contribution in [0.1, 0.15) is 22.9 Å². The molecular formula is C17H18N3O4S-. The molecule has 1 saturated heterocycles. The van der Waals surface area contributed by atoms with Crippen LogP contribution < -0.4 is 10.8 Å². The molecule has 2 aromatic rings. The summed E-state index contributed by atoms with van der Waals surface area (Å²) in [6.45, 7) is 1.67. The number of thiophene rings is 1. The summed E-state index contributed by atoms with van der Waals surface area (Å²) in [5.74, 6) is 0.385. The average Bonchev–Trinajstić information content (AvgIpc) is 3.08. The number of pyridine rings is 1. The lowest BCUT2D eigenvalue weighted by molar-refractivity contribution is -0.133. The van der Waals surface area contributed by atoms with E-state index in [1.54, 1.807) is 22.0 Å². The standard InChI is InChI=1S/C17H18N3O4S/c21-16(7-13-2-1-5-25-13)18-8-11-6-12(10-18)14-3-4-15(20(23)24)17(22)19(14)9-11/h1-5,11-12,23H,6-10H2/q-1/t11-,12+/m0/s1. The van der Waals surface area contributed by atoms with Crippen LogP contribution in [0.25, 0.3) is 0 Å². The molecule has 0 aromatic carbocycles. The molecule has 2 aromatic heterocycles. The number of carbonyl (C=O) groups excluding carboxylic acids is 1. The number of hydrogen-bond acceptors (Lipinski definition) is 6. The second-order valence-electron chi connectivity index (χ2n) is 6.69. The summed E-state index contributed by atoms with van der Waals surface area (Å²) < 4.78 is 1.58. The fourth-order valence-electron chi connectivity index (χ4n) is 3.96. The molecule has 2 atom stereocenters. The predicted octanol–water partition coefficient (Wildman–Crippen LogP) is 1.79. The predicted molar refractivity (Wildman–Crippen MR) is 93.8 cm³/mol. The van der Waals surface area contributed by atoms with Gasteiger partial charge in [-0.3, -0.25) is 14.8 Å². The lowest BCUT2D eigenvalue weighted by Crippen LogP contribution is -2.49. The summed E-state index contributed by atoms with van der Waals surface area (Å²) >= 11 is 1.58. The number of fused-ring (bicyclic) bond motifs is 4. The minimum atomic E-state index is -0.469. The maximum absolute atomic E-state index is 12.6. The summed E-state index contributed by atoms with van der Waals surface area (Å²) in [5, 5.41) is 21.7. The number of likely N-dealkylation sites (tertiary alicyclic amines) is 1. The van der Waals surface area contributed by atoms with Gasteiger partial charge in [-0.15, -0.1) is 11.3 Å². The van der Waals surface area contributed by atoms with Gasteiger partial charge in [0.2, 0.25) is 5.91 Å². The van der Waals surface area contributed by atoms with Gasteiger partial charge in [-0.05, 0) is 35.9 Å². The van der Waals surface area contributed by atoms with Gasteiger partial charge < -0.3 is 19.9 Å². The molecule has 8 heteroatoms. The Morgan fingerprint density at radius 1 is 1.32 bits per heavy atom. The number of aromatic nitrogens is 1. The van der Waals surface area contributed by atoms with E-state index in [4.69, 9.17) is 5.21 Å². The SMILES string of the molecule is O=C(Cc1cccs1)N1C[C@@H]2C[C@H](C1)c1ccc(N([O-])O)c(=O)n1C2. The van der Waals surface area contributed by atoms with Crippen LogP contribution in [0.2, 0.25) is 0 Å². The Morgan fingerprint density at radius 3 is 2.88 bits per heavy atom. The van der Waals surface area contributed by atoms with E-state index in [2.05, 4.69) is 0 Å². The highest BCUT2D eigenvalue weighted by Crippen LogP contribution is 2.35. The van der Waals surface area contributed by atoms with Crippen LogP contribution >= 0.6 is 11.3 Å².